The smallest absolute Gasteiger partial charge is 0.242 e. The van der Waals surface area contributed by atoms with Gasteiger partial charge in [-0.3, -0.25) is 9.59 Å². The molecule has 2 fully saturated rings. The maximum absolute atomic E-state index is 13.1. The Labute approximate surface area is 182 Å². The molecule has 1 aromatic rings. The Balaban J connectivity index is 1.68. The van der Waals surface area contributed by atoms with E-state index in [1.54, 1.807) is 4.90 Å². The predicted molar refractivity (Wildman–Crippen MR) is 118 cm³/mol. The van der Waals surface area contributed by atoms with Crippen LogP contribution in [0.4, 0.5) is 0 Å². The zero-order valence-electron chi connectivity index (χ0n) is 17.8. The largest absolute Gasteiger partial charge is 0.381 e. The molecule has 2 aliphatic rings. The van der Waals surface area contributed by atoms with E-state index in [-0.39, 0.29) is 28.7 Å². The SMILES string of the molecule is CC(C)(C)CC(=O)N1CCCC1C(=O)NCC1(c2ccc(Br)cc2)CCOCC1. The van der Waals surface area contributed by atoms with Crippen LogP contribution in [-0.2, 0) is 19.7 Å². The lowest BCUT2D eigenvalue weighted by molar-refractivity contribution is -0.140. The first-order chi connectivity index (χ1) is 13.7. The van der Waals surface area contributed by atoms with Crippen molar-refractivity contribution in [2.75, 3.05) is 26.3 Å². The van der Waals surface area contributed by atoms with Gasteiger partial charge in [-0.15, -0.1) is 0 Å². The molecule has 2 heterocycles. The molecule has 2 saturated heterocycles. The minimum atomic E-state index is -0.341. The maximum Gasteiger partial charge on any atom is 0.242 e. The van der Waals surface area contributed by atoms with Crippen molar-refractivity contribution in [3.63, 3.8) is 0 Å². The number of halogens is 1. The third kappa shape index (κ3) is 5.60. The fourth-order valence-electron chi connectivity index (χ4n) is 4.40. The van der Waals surface area contributed by atoms with Gasteiger partial charge in [0, 0.05) is 42.6 Å². The van der Waals surface area contributed by atoms with E-state index in [1.165, 1.54) is 5.56 Å². The van der Waals surface area contributed by atoms with E-state index < -0.39 is 0 Å². The average molecular weight is 465 g/mol. The normalized spacial score (nSPS) is 21.8. The molecule has 29 heavy (non-hydrogen) atoms. The third-order valence-electron chi connectivity index (χ3n) is 6.06. The van der Waals surface area contributed by atoms with Crippen molar-refractivity contribution in [1.29, 1.82) is 0 Å². The molecular formula is C23H33BrN2O3. The summed E-state index contributed by atoms with van der Waals surface area (Å²) in [4.78, 5) is 27.6. The van der Waals surface area contributed by atoms with E-state index >= 15 is 0 Å². The van der Waals surface area contributed by atoms with Gasteiger partial charge in [-0.1, -0.05) is 48.8 Å². The Bertz CT molecular complexity index is 721. The molecule has 1 atom stereocenters. The maximum atomic E-state index is 13.1. The van der Waals surface area contributed by atoms with Crippen LogP contribution in [0.1, 0.15) is 58.4 Å². The number of carbonyl (C=O) groups excluding carboxylic acids is 2. The molecule has 0 spiro atoms. The summed E-state index contributed by atoms with van der Waals surface area (Å²) in [7, 11) is 0. The minimum Gasteiger partial charge on any atom is -0.381 e. The number of nitrogens with zero attached hydrogens (tertiary/aromatic N) is 1. The van der Waals surface area contributed by atoms with Gasteiger partial charge in [0.1, 0.15) is 6.04 Å². The van der Waals surface area contributed by atoms with Crippen molar-refractivity contribution in [3.05, 3.63) is 34.3 Å². The standard InChI is InChI=1S/C23H33BrN2O3/c1-22(2,3)15-20(27)26-12-4-5-19(26)21(28)25-16-23(10-13-29-14-11-23)17-6-8-18(24)9-7-17/h6-9,19H,4-5,10-16H2,1-3H3,(H,25,28). The summed E-state index contributed by atoms with van der Waals surface area (Å²) in [6.07, 6.45) is 3.87. The number of likely N-dealkylation sites (tertiary alicyclic amines) is 1. The second-order valence-electron chi connectivity index (χ2n) is 9.60. The molecular weight excluding hydrogens is 432 g/mol. The van der Waals surface area contributed by atoms with Crippen molar-refractivity contribution < 1.29 is 14.3 Å². The Morgan fingerprint density at radius 3 is 2.48 bits per heavy atom. The number of carbonyl (C=O) groups is 2. The Morgan fingerprint density at radius 1 is 1.21 bits per heavy atom. The highest BCUT2D eigenvalue weighted by molar-refractivity contribution is 9.10. The number of rotatable bonds is 5. The van der Waals surface area contributed by atoms with E-state index in [0.29, 0.717) is 32.7 Å². The highest BCUT2D eigenvalue weighted by Crippen LogP contribution is 2.35. The van der Waals surface area contributed by atoms with Crippen LogP contribution in [0.25, 0.3) is 0 Å². The molecule has 1 N–H and O–H groups in total. The van der Waals surface area contributed by atoms with E-state index in [1.807, 2.05) is 0 Å². The van der Waals surface area contributed by atoms with E-state index in [2.05, 4.69) is 66.3 Å². The van der Waals surface area contributed by atoms with Crippen LogP contribution >= 0.6 is 15.9 Å². The van der Waals surface area contributed by atoms with Gasteiger partial charge in [-0.05, 0) is 48.8 Å². The zero-order valence-corrected chi connectivity index (χ0v) is 19.4. The summed E-state index contributed by atoms with van der Waals surface area (Å²) in [5, 5.41) is 3.20. The van der Waals surface area contributed by atoms with Crippen LogP contribution in [0.15, 0.2) is 28.7 Å². The molecule has 1 aromatic carbocycles. The molecule has 2 aliphatic heterocycles. The second kappa shape index (κ2) is 9.17. The molecule has 6 heteroatoms. The van der Waals surface area contributed by atoms with Crippen molar-refractivity contribution in [1.82, 2.24) is 10.2 Å². The van der Waals surface area contributed by atoms with Crippen LogP contribution in [0, 0.1) is 5.41 Å². The molecule has 0 aliphatic carbocycles. The summed E-state index contributed by atoms with van der Waals surface area (Å²) in [6.45, 7) is 8.83. The van der Waals surface area contributed by atoms with Gasteiger partial charge in [0.05, 0.1) is 0 Å². The Kier molecular flexibility index (Phi) is 7.05. The number of amides is 2. The monoisotopic (exact) mass is 464 g/mol. The van der Waals surface area contributed by atoms with Gasteiger partial charge in [0.2, 0.25) is 11.8 Å². The number of hydrogen-bond donors (Lipinski definition) is 1. The zero-order chi connectivity index (χ0) is 21.1. The van der Waals surface area contributed by atoms with Gasteiger partial charge in [-0.25, -0.2) is 0 Å². The first kappa shape index (κ1) is 22.3. The van der Waals surface area contributed by atoms with Crippen LogP contribution in [0.5, 0.6) is 0 Å². The lowest BCUT2D eigenvalue weighted by Crippen LogP contribution is -2.51. The van der Waals surface area contributed by atoms with Crippen LogP contribution in [0.3, 0.4) is 0 Å². The van der Waals surface area contributed by atoms with Gasteiger partial charge in [-0.2, -0.15) is 0 Å². The van der Waals surface area contributed by atoms with Crippen molar-refractivity contribution in [2.45, 2.75) is 64.3 Å². The highest BCUT2D eigenvalue weighted by atomic mass is 79.9. The molecule has 2 amide bonds. The van der Waals surface area contributed by atoms with Crippen LogP contribution in [-0.4, -0.2) is 49.1 Å². The number of ether oxygens (including phenoxy) is 1. The Hall–Kier alpha value is -1.40. The quantitative estimate of drug-likeness (QED) is 0.714. The highest BCUT2D eigenvalue weighted by Gasteiger charge is 2.38. The van der Waals surface area contributed by atoms with E-state index in [4.69, 9.17) is 4.74 Å². The van der Waals surface area contributed by atoms with Crippen molar-refractivity contribution >= 4 is 27.7 Å². The topological polar surface area (TPSA) is 58.6 Å². The predicted octanol–water partition coefficient (Wildman–Crippen LogP) is 4.04. The van der Waals surface area contributed by atoms with Crippen LogP contribution < -0.4 is 5.32 Å². The van der Waals surface area contributed by atoms with E-state index in [0.717, 1.165) is 30.2 Å². The number of nitrogens with one attached hydrogen (secondary N) is 1. The third-order valence-corrected chi connectivity index (χ3v) is 6.59. The molecule has 0 aromatic heterocycles. The van der Waals surface area contributed by atoms with Gasteiger partial charge in [0.15, 0.2) is 0 Å². The summed E-state index contributed by atoms with van der Waals surface area (Å²) >= 11 is 3.50. The van der Waals surface area contributed by atoms with Crippen molar-refractivity contribution in [2.24, 2.45) is 5.41 Å². The van der Waals surface area contributed by atoms with Gasteiger partial charge < -0.3 is 15.0 Å². The molecule has 0 saturated carbocycles. The summed E-state index contributed by atoms with van der Waals surface area (Å²) in [5.74, 6) is 0.0663. The van der Waals surface area contributed by atoms with Gasteiger partial charge >= 0.3 is 0 Å². The molecule has 1 unspecified atom stereocenters. The van der Waals surface area contributed by atoms with Crippen molar-refractivity contribution in [3.8, 4) is 0 Å². The Morgan fingerprint density at radius 2 is 1.86 bits per heavy atom. The minimum absolute atomic E-state index is 0.0206. The summed E-state index contributed by atoms with van der Waals surface area (Å²) < 4.78 is 6.64. The summed E-state index contributed by atoms with van der Waals surface area (Å²) in [5.41, 5.74) is 1.04. The molecule has 160 valence electrons. The molecule has 0 radical (unpaired) electrons. The second-order valence-corrected chi connectivity index (χ2v) is 10.5. The molecule has 5 nitrogen and oxygen atoms in total. The average Bonchev–Trinajstić information content (AvgIpc) is 3.16. The van der Waals surface area contributed by atoms with E-state index in [9.17, 15) is 9.59 Å². The number of benzene rings is 1. The lowest BCUT2D eigenvalue weighted by atomic mass is 9.74. The first-order valence-electron chi connectivity index (χ1n) is 10.6. The first-order valence-corrected chi connectivity index (χ1v) is 11.4. The van der Waals surface area contributed by atoms with Crippen LogP contribution in [0.2, 0.25) is 0 Å². The fraction of sp³-hybridized carbons (Fsp3) is 0.652. The molecule has 0 bridgehead atoms. The fourth-order valence-corrected chi connectivity index (χ4v) is 4.66. The van der Waals surface area contributed by atoms with Gasteiger partial charge in [0.25, 0.3) is 0 Å². The summed E-state index contributed by atoms with van der Waals surface area (Å²) in [6, 6.07) is 8.04. The number of hydrogen-bond acceptors (Lipinski definition) is 3. The lowest BCUT2D eigenvalue weighted by Gasteiger charge is -2.38. The molecule has 3 rings (SSSR count).